The highest BCUT2D eigenvalue weighted by molar-refractivity contribution is 7.99. The molecule has 0 fully saturated rings. The molecule has 0 bridgehead atoms. The standard InChI is InChI=1S/C28H30N4O3S/c1-19(2)21-14-16-23(17-15-21)35-20(3)27-30-31-28(32(27)22-10-6-5-7-11-22)36-18-26(33)29-24-12-8-9-13-25(24)34-4/h5-17,19-20H,18H2,1-4H3,(H,29,33). The summed E-state index contributed by atoms with van der Waals surface area (Å²) in [6.45, 7) is 6.27. The molecule has 36 heavy (non-hydrogen) atoms. The van der Waals surface area contributed by atoms with Crippen LogP contribution in [0.15, 0.2) is 84.0 Å². The number of benzene rings is 3. The van der Waals surface area contributed by atoms with Crippen molar-refractivity contribution in [3.8, 4) is 17.2 Å². The number of methoxy groups -OCH3 is 1. The van der Waals surface area contributed by atoms with Crippen molar-refractivity contribution in [3.05, 3.63) is 90.3 Å². The third-order valence-corrected chi connectivity index (χ3v) is 6.54. The fraction of sp³-hybridized carbons (Fsp3) is 0.250. The molecule has 3 aromatic carbocycles. The maximum Gasteiger partial charge on any atom is 0.234 e. The molecule has 4 aromatic rings. The monoisotopic (exact) mass is 502 g/mol. The number of hydrogen-bond donors (Lipinski definition) is 1. The van der Waals surface area contributed by atoms with Gasteiger partial charge >= 0.3 is 0 Å². The lowest BCUT2D eigenvalue weighted by Gasteiger charge is -2.17. The smallest absolute Gasteiger partial charge is 0.234 e. The molecule has 0 saturated heterocycles. The van der Waals surface area contributed by atoms with E-state index in [1.165, 1.54) is 17.3 Å². The number of aromatic nitrogens is 3. The number of carbonyl (C=O) groups is 1. The molecule has 0 radical (unpaired) electrons. The molecular weight excluding hydrogens is 472 g/mol. The van der Waals surface area contributed by atoms with E-state index >= 15 is 0 Å². The molecule has 1 atom stereocenters. The van der Waals surface area contributed by atoms with Crippen molar-refractivity contribution in [3.63, 3.8) is 0 Å². The topological polar surface area (TPSA) is 78.3 Å². The fourth-order valence-corrected chi connectivity index (χ4v) is 4.47. The highest BCUT2D eigenvalue weighted by atomic mass is 32.2. The Balaban J connectivity index is 1.52. The maximum absolute atomic E-state index is 12.7. The van der Waals surface area contributed by atoms with Gasteiger partial charge in [0.05, 0.1) is 18.6 Å². The lowest BCUT2D eigenvalue weighted by molar-refractivity contribution is -0.113. The number of carbonyl (C=O) groups excluding carboxylic acids is 1. The van der Waals surface area contributed by atoms with E-state index in [0.29, 0.717) is 28.3 Å². The third kappa shape index (κ3) is 6.07. The van der Waals surface area contributed by atoms with Gasteiger partial charge in [-0.1, -0.05) is 68.1 Å². The molecule has 0 aliphatic carbocycles. The predicted molar refractivity (Wildman–Crippen MR) is 143 cm³/mol. The Morgan fingerprint density at radius 1 is 0.944 bits per heavy atom. The fourth-order valence-electron chi connectivity index (χ4n) is 3.71. The number of anilines is 1. The predicted octanol–water partition coefficient (Wildman–Crippen LogP) is 6.27. The van der Waals surface area contributed by atoms with Crippen LogP contribution in [0.25, 0.3) is 5.69 Å². The molecule has 1 N–H and O–H groups in total. The Morgan fingerprint density at radius 2 is 1.64 bits per heavy atom. The van der Waals surface area contributed by atoms with Crippen LogP contribution in [0.2, 0.25) is 0 Å². The summed E-state index contributed by atoms with van der Waals surface area (Å²) in [6.07, 6.45) is -0.362. The van der Waals surface area contributed by atoms with Crippen molar-refractivity contribution in [1.82, 2.24) is 14.8 Å². The van der Waals surface area contributed by atoms with Gasteiger partial charge in [-0.2, -0.15) is 0 Å². The number of para-hydroxylation sites is 3. The molecule has 1 unspecified atom stereocenters. The number of ether oxygens (including phenoxy) is 2. The van der Waals surface area contributed by atoms with Crippen molar-refractivity contribution in [2.45, 2.75) is 37.9 Å². The first-order chi connectivity index (χ1) is 17.5. The van der Waals surface area contributed by atoms with Gasteiger partial charge in [0.1, 0.15) is 11.5 Å². The van der Waals surface area contributed by atoms with Gasteiger partial charge in [-0.05, 0) is 54.8 Å². The molecule has 8 heteroatoms. The highest BCUT2D eigenvalue weighted by Crippen LogP contribution is 2.29. The van der Waals surface area contributed by atoms with Crippen LogP contribution >= 0.6 is 11.8 Å². The minimum atomic E-state index is -0.362. The van der Waals surface area contributed by atoms with Crippen molar-refractivity contribution in [2.24, 2.45) is 0 Å². The summed E-state index contributed by atoms with van der Waals surface area (Å²) < 4.78 is 13.5. The third-order valence-electron chi connectivity index (χ3n) is 5.61. The normalized spacial score (nSPS) is 11.8. The number of nitrogens with zero attached hydrogens (tertiary/aromatic N) is 3. The Kier molecular flexibility index (Phi) is 8.28. The van der Waals surface area contributed by atoms with E-state index in [2.05, 4.69) is 41.5 Å². The minimum absolute atomic E-state index is 0.162. The zero-order valence-corrected chi connectivity index (χ0v) is 21.7. The van der Waals surface area contributed by atoms with Gasteiger partial charge in [-0.3, -0.25) is 9.36 Å². The van der Waals surface area contributed by atoms with Crippen LogP contribution in [0.5, 0.6) is 11.5 Å². The largest absolute Gasteiger partial charge is 0.495 e. The quantitative estimate of drug-likeness (QED) is 0.258. The average molecular weight is 503 g/mol. The summed E-state index contributed by atoms with van der Waals surface area (Å²) in [5.74, 6) is 2.48. The number of rotatable bonds is 10. The first-order valence-corrected chi connectivity index (χ1v) is 12.8. The van der Waals surface area contributed by atoms with Gasteiger partial charge in [0.2, 0.25) is 5.91 Å². The molecule has 0 saturated carbocycles. The van der Waals surface area contributed by atoms with Crippen LogP contribution in [-0.4, -0.2) is 33.5 Å². The van der Waals surface area contributed by atoms with Gasteiger partial charge in [-0.15, -0.1) is 10.2 Å². The Hall–Kier alpha value is -3.78. The second-order valence-corrected chi connectivity index (χ2v) is 9.48. The molecule has 186 valence electrons. The molecule has 0 spiro atoms. The molecule has 1 amide bonds. The van der Waals surface area contributed by atoms with E-state index in [4.69, 9.17) is 9.47 Å². The molecule has 1 heterocycles. The van der Waals surface area contributed by atoms with Crippen LogP contribution in [-0.2, 0) is 4.79 Å². The zero-order valence-electron chi connectivity index (χ0n) is 20.8. The molecule has 1 aromatic heterocycles. The lowest BCUT2D eigenvalue weighted by Crippen LogP contribution is -2.15. The maximum atomic E-state index is 12.7. The van der Waals surface area contributed by atoms with Gasteiger partial charge in [0, 0.05) is 5.69 Å². The summed E-state index contributed by atoms with van der Waals surface area (Å²) in [6, 6.07) is 25.3. The van der Waals surface area contributed by atoms with E-state index in [9.17, 15) is 4.79 Å². The minimum Gasteiger partial charge on any atom is -0.495 e. The van der Waals surface area contributed by atoms with Gasteiger partial charge in [0.25, 0.3) is 0 Å². The van der Waals surface area contributed by atoms with Crippen LogP contribution < -0.4 is 14.8 Å². The first-order valence-electron chi connectivity index (χ1n) is 11.8. The van der Waals surface area contributed by atoms with Crippen LogP contribution in [0.1, 0.15) is 44.2 Å². The number of nitrogens with one attached hydrogen (secondary N) is 1. The number of thioether (sulfide) groups is 1. The van der Waals surface area contributed by atoms with Crippen molar-refractivity contribution in [2.75, 3.05) is 18.2 Å². The second-order valence-electron chi connectivity index (χ2n) is 8.53. The van der Waals surface area contributed by atoms with E-state index in [-0.39, 0.29) is 17.8 Å². The zero-order chi connectivity index (χ0) is 25.5. The first kappa shape index (κ1) is 25.3. The van der Waals surface area contributed by atoms with E-state index in [1.54, 1.807) is 19.2 Å². The number of amides is 1. The van der Waals surface area contributed by atoms with Crippen LogP contribution in [0, 0.1) is 0 Å². The van der Waals surface area contributed by atoms with Crippen molar-refractivity contribution >= 4 is 23.4 Å². The van der Waals surface area contributed by atoms with E-state index < -0.39 is 0 Å². The Morgan fingerprint density at radius 3 is 2.33 bits per heavy atom. The van der Waals surface area contributed by atoms with Gasteiger partial charge < -0.3 is 14.8 Å². The summed E-state index contributed by atoms with van der Waals surface area (Å²) in [4.78, 5) is 12.7. The molecule has 0 aliphatic rings. The SMILES string of the molecule is COc1ccccc1NC(=O)CSc1nnc(C(C)Oc2ccc(C(C)C)cc2)n1-c1ccccc1. The Bertz CT molecular complexity index is 1290. The van der Waals surface area contributed by atoms with Gasteiger partial charge in [0.15, 0.2) is 17.1 Å². The summed E-state index contributed by atoms with van der Waals surface area (Å²) in [7, 11) is 1.57. The lowest BCUT2D eigenvalue weighted by atomic mass is 10.0. The van der Waals surface area contributed by atoms with Crippen molar-refractivity contribution < 1.29 is 14.3 Å². The van der Waals surface area contributed by atoms with E-state index in [1.807, 2.05) is 66.1 Å². The molecule has 4 rings (SSSR count). The molecule has 7 nitrogen and oxygen atoms in total. The summed E-state index contributed by atoms with van der Waals surface area (Å²) in [5, 5.41) is 12.3. The molecular formula is C28H30N4O3S. The summed E-state index contributed by atoms with van der Waals surface area (Å²) in [5.41, 5.74) is 2.78. The van der Waals surface area contributed by atoms with Crippen LogP contribution in [0.3, 0.4) is 0 Å². The number of hydrogen-bond acceptors (Lipinski definition) is 6. The van der Waals surface area contributed by atoms with Crippen LogP contribution in [0.4, 0.5) is 5.69 Å². The highest BCUT2D eigenvalue weighted by Gasteiger charge is 2.22. The second kappa shape index (κ2) is 11.8. The van der Waals surface area contributed by atoms with Gasteiger partial charge in [-0.25, -0.2) is 0 Å². The summed E-state index contributed by atoms with van der Waals surface area (Å²) >= 11 is 1.31. The molecule has 0 aliphatic heterocycles. The van der Waals surface area contributed by atoms with Crippen molar-refractivity contribution in [1.29, 1.82) is 0 Å². The average Bonchev–Trinajstić information content (AvgIpc) is 3.33. The Labute approximate surface area is 215 Å². The van der Waals surface area contributed by atoms with E-state index in [0.717, 1.165) is 11.4 Å².